The van der Waals surface area contributed by atoms with Crippen molar-refractivity contribution < 1.29 is 14.1 Å². The first kappa shape index (κ1) is 19.1. The van der Waals surface area contributed by atoms with E-state index in [2.05, 4.69) is 15.8 Å². The van der Waals surface area contributed by atoms with Crippen LogP contribution in [0.5, 0.6) is 0 Å². The summed E-state index contributed by atoms with van der Waals surface area (Å²) in [5, 5.41) is 11.4. The van der Waals surface area contributed by atoms with Gasteiger partial charge in [-0.3, -0.25) is 9.59 Å². The third-order valence-corrected chi connectivity index (χ3v) is 4.91. The fourth-order valence-electron chi connectivity index (χ4n) is 2.23. The molecular weight excluding hydrogens is 386 g/mol. The van der Waals surface area contributed by atoms with Crippen molar-refractivity contribution in [1.82, 2.24) is 5.16 Å². The molecule has 27 heavy (non-hydrogen) atoms. The molecule has 0 atom stereocenters. The number of hydrogen-bond donors (Lipinski definition) is 2. The van der Waals surface area contributed by atoms with Crippen LogP contribution in [0, 0.1) is 0 Å². The number of benzene rings is 1. The lowest BCUT2D eigenvalue weighted by Crippen LogP contribution is -2.14. The van der Waals surface area contributed by atoms with E-state index >= 15 is 0 Å². The van der Waals surface area contributed by atoms with Gasteiger partial charge in [0, 0.05) is 17.0 Å². The summed E-state index contributed by atoms with van der Waals surface area (Å²) in [4.78, 5) is 25.3. The number of amides is 2. The molecule has 0 saturated heterocycles. The van der Waals surface area contributed by atoms with Crippen molar-refractivity contribution in [2.24, 2.45) is 0 Å². The lowest BCUT2D eigenvalue weighted by Gasteiger charge is -2.12. The number of anilines is 2. The SMILES string of the molecule is CC(C)(C)c1cc(NC(=O)c2ccc(Cl)c(NC(=O)c3cccs3)c2)no1. The van der Waals surface area contributed by atoms with Crippen molar-refractivity contribution >= 4 is 46.3 Å². The molecule has 0 bridgehead atoms. The zero-order valence-corrected chi connectivity index (χ0v) is 16.6. The van der Waals surface area contributed by atoms with E-state index in [-0.39, 0.29) is 17.2 Å². The Morgan fingerprint density at radius 3 is 2.52 bits per heavy atom. The van der Waals surface area contributed by atoms with Gasteiger partial charge >= 0.3 is 0 Å². The largest absolute Gasteiger partial charge is 0.359 e. The van der Waals surface area contributed by atoms with Gasteiger partial charge in [0.25, 0.3) is 11.8 Å². The van der Waals surface area contributed by atoms with Gasteiger partial charge in [-0.1, -0.05) is 43.6 Å². The fourth-order valence-corrected chi connectivity index (χ4v) is 3.01. The van der Waals surface area contributed by atoms with E-state index in [4.69, 9.17) is 16.1 Å². The van der Waals surface area contributed by atoms with Crippen molar-refractivity contribution in [3.8, 4) is 0 Å². The number of nitrogens with one attached hydrogen (secondary N) is 2. The van der Waals surface area contributed by atoms with E-state index < -0.39 is 0 Å². The second-order valence-corrected chi connectivity index (χ2v) is 8.26. The predicted molar refractivity (Wildman–Crippen MR) is 107 cm³/mol. The first-order valence-corrected chi connectivity index (χ1v) is 9.43. The van der Waals surface area contributed by atoms with Gasteiger partial charge in [-0.05, 0) is 29.6 Å². The molecule has 8 heteroatoms. The Kier molecular flexibility index (Phi) is 5.34. The standard InChI is InChI=1S/C19H18ClN3O3S/c1-19(2,3)15-10-16(23-26-15)22-17(24)11-6-7-12(20)13(9-11)21-18(25)14-5-4-8-27-14/h4-10H,1-3H3,(H,21,25)(H,22,23,24). The van der Waals surface area contributed by atoms with Gasteiger partial charge in [0.15, 0.2) is 5.82 Å². The average molecular weight is 404 g/mol. The molecule has 0 fully saturated rings. The predicted octanol–water partition coefficient (Wildman–Crippen LogP) is 5.19. The summed E-state index contributed by atoms with van der Waals surface area (Å²) in [5.74, 6) is 0.324. The molecule has 0 radical (unpaired) electrons. The molecule has 2 amide bonds. The van der Waals surface area contributed by atoms with Crippen LogP contribution in [0.4, 0.5) is 11.5 Å². The molecule has 6 nitrogen and oxygen atoms in total. The molecule has 1 aromatic carbocycles. The number of aromatic nitrogens is 1. The van der Waals surface area contributed by atoms with Crippen LogP contribution < -0.4 is 10.6 Å². The van der Waals surface area contributed by atoms with E-state index in [1.54, 1.807) is 30.3 Å². The normalized spacial score (nSPS) is 11.3. The summed E-state index contributed by atoms with van der Waals surface area (Å²) in [5.41, 5.74) is 0.481. The van der Waals surface area contributed by atoms with Crippen LogP contribution in [0.15, 0.2) is 46.3 Å². The van der Waals surface area contributed by atoms with Crippen LogP contribution in [0.2, 0.25) is 5.02 Å². The van der Waals surface area contributed by atoms with Crippen LogP contribution in [0.1, 0.15) is 46.6 Å². The van der Waals surface area contributed by atoms with Crippen LogP contribution in [0.3, 0.4) is 0 Å². The summed E-state index contributed by atoms with van der Waals surface area (Å²) in [6.07, 6.45) is 0. The number of carbonyl (C=O) groups is 2. The van der Waals surface area contributed by atoms with Gasteiger partial charge in [-0.15, -0.1) is 11.3 Å². The monoisotopic (exact) mass is 403 g/mol. The first-order valence-electron chi connectivity index (χ1n) is 8.17. The number of rotatable bonds is 4. The van der Waals surface area contributed by atoms with Gasteiger partial charge < -0.3 is 15.2 Å². The maximum Gasteiger partial charge on any atom is 0.265 e. The van der Waals surface area contributed by atoms with Crippen molar-refractivity contribution in [3.63, 3.8) is 0 Å². The van der Waals surface area contributed by atoms with Crippen LogP contribution in [-0.2, 0) is 5.41 Å². The number of thiophene rings is 1. The fraction of sp³-hybridized carbons (Fsp3) is 0.211. The minimum absolute atomic E-state index is 0.213. The summed E-state index contributed by atoms with van der Waals surface area (Å²) < 4.78 is 5.26. The lowest BCUT2D eigenvalue weighted by atomic mass is 9.93. The first-order chi connectivity index (χ1) is 12.7. The van der Waals surface area contributed by atoms with Crippen LogP contribution in [-0.4, -0.2) is 17.0 Å². The molecular formula is C19H18ClN3O3S. The van der Waals surface area contributed by atoms with E-state index in [0.717, 1.165) is 0 Å². The van der Waals surface area contributed by atoms with E-state index in [9.17, 15) is 9.59 Å². The van der Waals surface area contributed by atoms with Gasteiger partial charge in [-0.2, -0.15) is 0 Å². The Labute approximate surface area is 165 Å². The highest BCUT2D eigenvalue weighted by Gasteiger charge is 2.21. The van der Waals surface area contributed by atoms with Crippen LogP contribution in [0.25, 0.3) is 0 Å². The quantitative estimate of drug-likeness (QED) is 0.627. The Morgan fingerprint density at radius 2 is 1.89 bits per heavy atom. The molecule has 0 saturated carbocycles. The zero-order valence-electron chi connectivity index (χ0n) is 15.0. The third kappa shape index (κ3) is 4.56. The lowest BCUT2D eigenvalue weighted by molar-refractivity contribution is 0.101. The number of hydrogen-bond acceptors (Lipinski definition) is 5. The molecule has 0 aliphatic rings. The summed E-state index contributed by atoms with van der Waals surface area (Å²) in [7, 11) is 0. The minimum atomic E-state index is -0.382. The Hall–Kier alpha value is -2.64. The molecule has 2 aromatic heterocycles. The van der Waals surface area contributed by atoms with Crippen molar-refractivity contribution in [2.75, 3.05) is 10.6 Å². The molecule has 2 N–H and O–H groups in total. The highest BCUT2D eigenvalue weighted by Crippen LogP contribution is 2.26. The molecule has 2 heterocycles. The maximum absolute atomic E-state index is 12.5. The minimum Gasteiger partial charge on any atom is -0.359 e. The Morgan fingerprint density at radius 1 is 1.11 bits per heavy atom. The number of halogens is 1. The van der Waals surface area contributed by atoms with Gasteiger partial charge in [0.2, 0.25) is 0 Å². The van der Waals surface area contributed by atoms with Gasteiger partial charge in [0.05, 0.1) is 15.6 Å². The molecule has 0 spiro atoms. The van der Waals surface area contributed by atoms with Gasteiger partial charge in [0.1, 0.15) is 5.76 Å². The molecule has 3 rings (SSSR count). The van der Waals surface area contributed by atoms with Crippen molar-refractivity contribution in [1.29, 1.82) is 0 Å². The van der Waals surface area contributed by atoms with Crippen molar-refractivity contribution in [2.45, 2.75) is 26.2 Å². The highest BCUT2D eigenvalue weighted by atomic mass is 35.5. The second kappa shape index (κ2) is 7.54. The molecule has 3 aromatic rings. The van der Waals surface area contributed by atoms with Crippen molar-refractivity contribution in [3.05, 3.63) is 63.0 Å². The van der Waals surface area contributed by atoms with E-state index in [1.165, 1.54) is 17.4 Å². The molecule has 0 unspecified atom stereocenters. The smallest absolute Gasteiger partial charge is 0.265 e. The molecule has 0 aliphatic carbocycles. The summed E-state index contributed by atoms with van der Waals surface area (Å²) in [6, 6.07) is 9.84. The van der Waals surface area contributed by atoms with E-state index in [1.807, 2.05) is 26.2 Å². The highest BCUT2D eigenvalue weighted by molar-refractivity contribution is 7.12. The van der Waals surface area contributed by atoms with E-state index in [0.29, 0.717) is 32.7 Å². The number of carbonyl (C=O) groups excluding carboxylic acids is 2. The number of nitrogens with zero attached hydrogens (tertiary/aromatic N) is 1. The maximum atomic E-state index is 12.5. The third-order valence-electron chi connectivity index (χ3n) is 3.71. The van der Waals surface area contributed by atoms with Gasteiger partial charge in [-0.25, -0.2) is 0 Å². The summed E-state index contributed by atoms with van der Waals surface area (Å²) in [6.45, 7) is 5.96. The topological polar surface area (TPSA) is 84.2 Å². The zero-order chi connectivity index (χ0) is 19.6. The Bertz CT molecular complexity index is 975. The summed E-state index contributed by atoms with van der Waals surface area (Å²) >= 11 is 7.47. The van der Waals surface area contributed by atoms with Crippen LogP contribution >= 0.6 is 22.9 Å². The second-order valence-electron chi connectivity index (χ2n) is 6.91. The molecule has 0 aliphatic heterocycles. The average Bonchev–Trinajstić information content (AvgIpc) is 3.27. The molecule has 140 valence electrons. The Balaban J connectivity index is 1.75.